The maximum Gasteiger partial charge on any atom is 0.312 e. The average Bonchev–Trinajstić information content (AvgIpc) is 3.10. The quantitative estimate of drug-likeness (QED) is 0.832. The van der Waals surface area contributed by atoms with Crippen LogP contribution in [0.4, 0.5) is 5.82 Å². The molecule has 0 bridgehead atoms. The summed E-state index contributed by atoms with van der Waals surface area (Å²) in [6, 6.07) is 9.20. The summed E-state index contributed by atoms with van der Waals surface area (Å²) >= 11 is 0. The fourth-order valence-corrected chi connectivity index (χ4v) is 4.14. The minimum atomic E-state index is -1.05. The second-order valence-electron chi connectivity index (χ2n) is 7.40. The molecule has 0 radical (unpaired) electrons. The normalized spacial score (nSPS) is 23.9. The highest BCUT2D eigenvalue weighted by atomic mass is 16.5. The Morgan fingerprint density at radius 2 is 2.19 bits per heavy atom. The van der Waals surface area contributed by atoms with Crippen LogP contribution in [0, 0.1) is 18.3 Å². The lowest BCUT2D eigenvalue weighted by Crippen LogP contribution is -2.42. The summed E-state index contributed by atoms with van der Waals surface area (Å²) in [5, 5.41) is 14.3. The van der Waals surface area contributed by atoms with Crippen molar-refractivity contribution >= 4 is 17.7 Å². The first-order valence-electron chi connectivity index (χ1n) is 8.91. The number of fused-ring (bicyclic) bond motifs is 2. The van der Waals surface area contributed by atoms with Gasteiger partial charge in [-0.1, -0.05) is 18.2 Å². The Morgan fingerprint density at radius 3 is 2.89 bits per heavy atom. The number of rotatable bonds is 3. The van der Waals surface area contributed by atoms with E-state index in [2.05, 4.69) is 5.10 Å². The van der Waals surface area contributed by atoms with Gasteiger partial charge in [0, 0.05) is 25.1 Å². The minimum Gasteiger partial charge on any atom is -0.493 e. The van der Waals surface area contributed by atoms with Gasteiger partial charge in [0.25, 0.3) is 0 Å². The molecule has 2 aliphatic rings. The molecule has 1 fully saturated rings. The Morgan fingerprint density at radius 1 is 1.41 bits per heavy atom. The number of hydrogen-bond acceptors (Lipinski definition) is 5. The number of aryl methyl sites for hydroxylation is 1. The van der Waals surface area contributed by atoms with Crippen LogP contribution >= 0.6 is 0 Å². The number of para-hydroxylation sites is 1. The van der Waals surface area contributed by atoms with Crippen molar-refractivity contribution in [3.63, 3.8) is 0 Å². The number of aliphatic carboxylic acids is 1. The summed E-state index contributed by atoms with van der Waals surface area (Å²) in [6.07, 6.45) is 0.343. The van der Waals surface area contributed by atoms with Gasteiger partial charge < -0.3 is 20.5 Å². The third kappa shape index (κ3) is 2.90. The van der Waals surface area contributed by atoms with Gasteiger partial charge in [-0.25, -0.2) is 4.68 Å². The van der Waals surface area contributed by atoms with Crippen molar-refractivity contribution in [1.29, 1.82) is 0 Å². The molecule has 142 valence electrons. The molecule has 8 heteroatoms. The van der Waals surface area contributed by atoms with E-state index in [4.69, 9.17) is 10.5 Å². The summed E-state index contributed by atoms with van der Waals surface area (Å²) in [6.45, 7) is 2.58. The van der Waals surface area contributed by atoms with Gasteiger partial charge in [-0.3, -0.25) is 9.59 Å². The minimum absolute atomic E-state index is 0.000460. The first-order valence-corrected chi connectivity index (χ1v) is 8.91. The molecule has 0 spiro atoms. The van der Waals surface area contributed by atoms with E-state index in [1.165, 1.54) is 4.68 Å². The van der Waals surface area contributed by atoms with Gasteiger partial charge in [-0.2, -0.15) is 5.10 Å². The zero-order valence-electron chi connectivity index (χ0n) is 15.1. The maximum atomic E-state index is 12.8. The molecule has 1 amide bonds. The summed E-state index contributed by atoms with van der Waals surface area (Å²) in [7, 11) is 0. The molecule has 2 atom stereocenters. The summed E-state index contributed by atoms with van der Waals surface area (Å²) in [4.78, 5) is 26.7. The second kappa shape index (κ2) is 6.29. The van der Waals surface area contributed by atoms with Crippen LogP contribution in [0.15, 0.2) is 30.3 Å². The lowest BCUT2D eigenvalue weighted by Gasteiger charge is -2.27. The lowest BCUT2D eigenvalue weighted by molar-refractivity contribution is -0.151. The Kier molecular flexibility index (Phi) is 4.05. The van der Waals surface area contributed by atoms with Gasteiger partial charge in [0.15, 0.2) is 0 Å². The monoisotopic (exact) mass is 370 g/mol. The van der Waals surface area contributed by atoms with Crippen LogP contribution in [0.3, 0.4) is 0 Å². The predicted molar refractivity (Wildman–Crippen MR) is 97.2 cm³/mol. The van der Waals surface area contributed by atoms with Crippen molar-refractivity contribution < 1.29 is 19.4 Å². The SMILES string of the molecule is Cc1cc(N)n(CC(=O)N2C[C@H]3COc4ccccc4C[C@@]3(C(=O)O)C2)n1. The van der Waals surface area contributed by atoms with Crippen LogP contribution in [0.1, 0.15) is 11.3 Å². The smallest absolute Gasteiger partial charge is 0.312 e. The number of carboxylic acid groups (broad SMARTS) is 1. The molecule has 1 saturated heterocycles. The molecular weight excluding hydrogens is 348 g/mol. The zero-order valence-corrected chi connectivity index (χ0v) is 15.1. The molecule has 27 heavy (non-hydrogen) atoms. The summed E-state index contributed by atoms with van der Waals surface area (Å²) in [5.74, 6) is -0.211. The van der Waals surface area contributed by atoms with E-state index < -0.39 is 11.4 Å². The number of nitrogens with two attached hydrogens (primary N) is 1. The van der Waals surface area contributed by atoms with E-state index in [9.17, 15) is 14.7 Å². The first kappa shape index (κ1) is 17.4. The van der Waals surface area contributed by atoms with Crippen LogP contribution in [0.25, 0.3) is 0 Å². The highest BCUT2D eigenvalue weighted by Gasteiger charge is 2.55. The van der Waals surface area contributed by atoms with Crippen LogP contribution in [0.5, 0.6) is 5.75 Å². The van der Waals surface area contributed by atoms with E-state index >= 15 is 0 Å². The van der Waals surface area contributed by atoms with Gasteiger partial charge in [0.2, 0.25) is 5.91 Å². The average molecular weight is 370 g/mol. The van der Waals surface area contributed by atoms with Gasteiger partial charge in [0.1, 0.15) is 18.1 Å². The number of carbonyl (C=O) groups excluding carboxylic acids is 1. The summed E-state index contributed by atoms with van der Waals surface area (Å²) in [5.41, 5.74) is 6.42. The van der Waals surface area contributed by atoms with E-state index in [0.717, 1.165) is 17.0 Å². The number of carboxylic acids is 1. The second-order valence-corrected chi connectivity index (χ2v) is 7.40. The fraction of sp³-hybridized carbons (Fsp3) is 0.421. The molecule has 0 saturated carbocycles. The number of amides is 1. The number of aromatic nitrogens is 2. The highest BCUT2D eigenvalue weighted by molar-refractivity contribution is 5.81. The third-order valence-electron chi connectivity index (χ3n) is 5.61. The molecule has 0 unspecified atom stereocenters. The Balaban J connectivity index is 1.59. The largest absolute Gasteiger partial charge is 0.493 e. The highest BCUT2D eigenvalue weighted by Crippen LogP contribution is 2.44. The molecule has 4 rings (SSSR count). The number of nitrogens with zero attached hydrogens (tertiary/aromatic N) is 3. The molecule has 3 heterocycles. The molecule has 2 aromatic rings. The van der Waals surface area contributed by atoms with Crippen molar-refractivity contribution in [3.05, 3.63) is 41.6 Å². The molecule has 8 nitrogen and oxygen atoms in total. The third-order valence-corrected chi connectivity index (χ3v) is 5.61. The number of nitrogen functional groups attached to an aromatic ring is 1. The molecule has 0 aliphatic carbocycles. The fourth-order valence-electron chi connectivity index (χ4n) is 4.14. The van der Waals surface area contributed by atoms with Crippen molar-refractivity contribution in [2.45, 2.75) is 19.9 Å². The number of likely N-dealkylation sites (tertiary alicyclic amines) is 1. The van der Waals surface area contributed by atoms with Crippen molar-refractivity contribution in [2.24, 2.45) is 11.3 Å². The number of hydrogen-bond donors (Lipinski definition) is 2. The van der Waals surface area contributed by atoms with Crippen molar-refractivity contribution in [2.75, 3.05) is 25.4 Å². The van der Waals surface area contributed by atoms with Gasteiger partial charge in [-0.15, -0.1) is 0 Å². The number of ether oxygens (including phenoxy) is 1. The Labute approximate surface area is 156 Å². The van der Waals surface area contributed by atoms with E-state index in [-0.39, 0.29) is 31.5 Å². The van der Waals surface area contributed by atoms with Crippen molar-refractivity contribution in [3.8, 4) is 5.75 Å². The zero-order chi connectivity index (χ0) is 19.2. The summed E-state index contributed by atoms with van der Waals surface area (Å²) < 4.78 is 7.32. The van der Waals surface area contributed by atoms with Gasteiger partial charge >= 0.3 is 5.97 Å². The number of benzene rings is 1. The Bertz CT molecular complexity index is 909. The first-order chi connectivity index (χ1) is 12.9. The lowest BCUT2D eigenvalue weighted by atomic mass is 9.74. The maximum absolute atomic E-state index is 12.8. The number of anilines is 1. The van der Waals surface area contributed by atoms with Gasteiger partial charge in [-0.05, 0) is 25.0 Å². The van der Waals surface area contributed by atoms with Gasteiger partial charge in [0.05, 0.1) is 17.7 Å². The van der Waals surface area contributed by atoms with E-state index in [1.807, 2.05) is 24.3 Å². The van der Waals surface area contributed by atoms with E-state index in [1.54, 1.807) is 17.9 Å². The van der Waals surface area contributed by atoms with Crippen LogP contribution in [-0.4, -0.2) is 51.4 Å². The van der Waals surface area contributed by atoms with Crippen LogP contribution in [-0.2, 0) is 22.6 Å². The molecule has 2 aliphatic heterocycles. The van der Waals surface area contributed by atoms with Crippen LogP contribution < -0.4 is 10.5 Å². The van der Waals surface area contributed by atoms with Crippen LogP contribution in [0.2, 0.25) is 0 Å². The van der Waals surface area contributed by atoms with E-state index in [0.29, 0.717) is 18.8 Å². The molecular formula is C19H22N4O4. The predicted octanol–water partition coefficient (Wildman–Crippen LogP) is 0.938. The standard InChI is InChI=1S/C19H22N4O4/c1-12-6-16(20)23(21-12)9-17(24)22-8-14-10-27-15-5-3-2-4-13(15)7-19(14,11-22)18(25)26/h2-6,14H,7-11,20H2,1H3,(H,25,26)/t14-,19+/m0/s1. The Hall–Kier alpha value is -3.03. The molecule has 3 N–H and O–H groups in total. The molecule has 1 aromatic heterocycles. The topological polar surface area (TPSA) is 111 Å². The molecule has 1 aromatic carbocycles. The van der Waals surface area contributed by atoms with Crippen molar-refractivity contribution in [1.82, 2.24) is 14.7 Å². The number of carbonyl (C=O) groups is 2.